The summed E-state index contributed by atoms with van der Waals surface area (Å²) in [6.07, 6.45) is 24.9. The van der Waals surface area contributed by atoms with E-state index < -0.39 is 17.1 Å². The summed E-state index contributed by atoms with van der Waals surface area (Å²) < 4.78 is 12.7. The largest absolute Gasteiger partial charge is 0.481 e. The Morgan fingerprint density at radius 3 is 2.46 bits per heavy atom. The van der Waals surface area contributed by atoms with Gasteiger partial charge >= 0.3 is 5.97 Å². The van der Waals surface area contributed by atoms with Crippen LogP contribution in [-0.2, 0) is 21.4 Å². The fourth-order valence-corrected chi connectivity index (χ4v) is 8.11. The van der Waals surface area contributed by atoms with E-state index in [-0.39, 0.29) is 12.0 Å². The number of hydrogen-bond donors (Lipinski definition) is 1. The summed E-state index contributed by atoms with van der Waals surface area (Å²) in [6, 6.07) is 4.38. The van der Waals surface area contributed by atoms with Gasteiger partial charge in [-0.1, -0.05) is 82.6 Å². The van der Waals surface area contributed by atoms with Gasteiger partial charge in [0.15, 0.2) is 6.10 Å². The van der Waals surface area contributed by atoms with Crippen LogP contribution in [0, 0.1) is 6.92 Å². The van der Waals surface area contributed by atoms with Crippen molar-refractivity contribution in [3.8, 4) is 5.75 Å². The minimum absolute atomic E-state index is 0.0350. The number of likely N-dealkylation sites (N-methyl/N-ethyl adjacent to an activating group) is 1. The number of likely N-dealkylation sites (tertiary alicyclic amines) is 1. The molecule has 1 aromatic rings. The molecule has 0 unspecified atom stereocenters. The number of benzene rings is 1. The summed E-state index contributed by atoms with van der Waals surface area (Å²) in [5.41, 5.74) is 2.07. The van der Waals surface area contributed by atoms with E-state index in [1.54, 1.807) is 0 Å². The number of carbonyl (C=O) groups excluding carboxylic acids is 1. The summed E-state index contributed by atoms with van der Waals surface area (Å²) >= 11 is 0. The molecule has 1 spiro atoms. The predicted octanol–water partition coefficient (Wildman–Crippen LogP) is 7.85. The molecule has 0 aromatic heterocycles. The molecule has 1 N–H and O–H groups in total. The quantitative estimate of drug-likeness (QED) is 0.126. The third-order valence-corrected chi connectivity index (χ3v) is 10.4. The number of unbranched alkanes of at least 4 members (excludes halogenated alkanes) is 11. The minimum Gasteiger partial charge on any atom is -0.481 e. The average Bonchev–Trinajstić information content (AvgIpc) is 3.32. The normalized spacial score (nSPS) is 28.0. The maximum absolute atomic E-state index is 12.9. The number of nitrogens with zero attached hydrogens (tertiary/aromatic N) is 1. The molecule has 0 radical (unpaired) electrons. The van der Waals surface area contributed by atoms with Crippen LogP contribution in [0.15, 0.2) is 36.1 Å². The fraction of sp³-hybridized carbons (Fsp3) is 0.694. The van der Waals surface area contributed by atoms with Gasteiger partial charge in [-0.15, -0.1) is 0 Å². The molecule has 2 aliphatic carbocycles. The third-order valence-electron chi connectivity index (χ3n) is 10.4. The van der Waals surface area contributed by atoms with Crippen LogP contribution in [-0.4, -0.2) is 47.3 Å². The second-order valence-corrected chi connectivity index (χ2v) is 13.2. The van der Waals surface area contributed by atoms with Gasteiger partial charge in [0.2, 0.25) is 0 Å². The topological polar surface area (TPSA) is 59.0 Å². The van der Waals surface area contributed by atoms with E-state index in [0.29, 0.717) is 18.6 Å². The Labute approximate surface area is 248 Å². The number of hydrogen-bond acceptors (Lipinski definition) is 5. The van der Waals surface area contributed by atoms with Crippen molar-refractivity contribution in [2.45, 2.75) is 146 Å². The minimum atomic E-state index is -0.921. The fourth-order valence-electron chi connectivity index (χ4n) is 8.11. The molecule has 1 saturated heterocycles. The summed E-state index contributed by atoms with van der Waals surface area (Å²) in [7, 11) is 2.12. The first-order valence-electron chi connectivity index (χ1n) is 16.7. The highest BCUT2D eigenvalue weighted by Crippen LogP contribution is 2.64. The van der Waals surface area contributed by atoms with Gasteiger partial charge in [0, 0.05) is 24.4 Å². The van der Waals surface area contributed by atoms with Gasteiger partial charge in [-0.3, -0.25) is 4.79 Å². The number of rotatable bonds is 16. The summed E-state index contributed by atoms with van der Waals surface area (Å²) in [4.78, 5) is 15.2. The van der Waals surface area contributed by atoms with E-state index in [2.05, 4.69) is 50.1 Å². The van der Waals surface area contributed by atoms with Gasteiger partial charge < -0.3 is 19.5 Å². The first kappa shape index (κ1) is 30.4. The number of aliphatic hydroxyl groups is 1. The molecule has 41 heavy (non-hydrogen) atoms. The maximum atomic E-state index is 12.9. The van der Waals surface area contributed by atoms with Gasteiger partial charge in [-0.05, 0) is 82.7 Å². The molecule has 0 amide bonds. The monoisotopic (exact) mass is 563 g/mol. The predicted molar refractivity (Wildman–Crippen MR) is 165 cm³/mol. The van der Waals surface area contributed by atoms with E-state index in [1.807, 2.05) is 6.08 Å². The Kier molecular flexibility index (Phi) is 9.97. The molecule has 0 saturated carbocycles. The van der Waals surface area contributed by atoms with E-state index in [1.165, 1.54) is 75.3 Å². The number of piperidine rings is 1. The van der Waals surface area contributed by atoms with Gasteiger partial charge in [0.25, 0.3) is 0 Å². The van der Waals surface area contributed by atoms with Crippen molar-refractivity contribution in [3.63, 3.8) is 0 Å². The smallest absolute Gasteiger partial charge is 0.310 e. The number of carbonyl (C=O) groups is 1. The highest BCUT2D eigenvalue weighted by atomic mass is 16.6. The van der Waals surface area contributed by atoms with Crippen molar-refractivity contribution in [2.75, 3.05) is 13.6 Å². The zero-order chi connectivity index (χ0) is 28.9. The SMILES string of the molecule is CCCCCCCC/C=C/CCCCCCCC(=O)OC1=CC[C@@]2(O)[C@H]3Cc4ccc(C)c5c4[C@@]2(CCN3C)[C@H]1O5. The summed E-state index contributed by atoms with van der Waals surface area (Å²) in [5.74, 6) is 1.33. The van der Waals surface area contributed by atoms with Crippen LogP contribution in [0.3, 0.4) is 0 Å². The van der Waals surface area contributed by atoms with Crippen molar-refractivity contribution >= 4 is 5.97 Å². The van der Waals surface area contributed by atoms with Crippen molar-refractivity contribution in [3.05, 3.63) is 52.8 Å². The van der Waals surface area contributed by atoms with Crippen molar-refractivity contribution < 1.29 is 19.4 Å². The number of aryl methyl sites for hydroxylation is 1. The zero-order valence-electron chi connectivity index (χ0n) is 25.9. The van der Waals surface area contributed by atoms with Crippen LogP contribution < -0.4 is 4.74 Å². The van der Waals surface area contributed by atoms with Gasteiger partial charge in [0.05, 0.1) is 11.0 Å². The van der Waals surface area contributed by atoms with Crippen LogP contribution in [0.25, 0.3) is 0 Å². The molecular weight excluding hydrogens is 510 g/mol. The van der Waals surface area contributed by atoms with Crippen LogP contribution in [0.5, 0.6) is 5.75 Å². The van der Waals surface area contributed by atoms with E-state index in [9.17, 15) is 9.90 Å². The molecule has 5 heteroatoms. The third kappa shape index (κ3) is 5.91. The molecule has 4 aliphatic rings. The Hall–Kier alpha value is -2.11. The first-order valence-corrected chi connectivity index (χ1v) is 16.7. The van der Waals surface area contributed by atoms with Gasteiger partial charge in [-0.2, -0.15) is 0 Å². The standard InChI is InChI=1S/C36H53NO4/c1-4-5-6-7-8-9-10-11-12-13-14-15-16-17-18-19-31(38)40-29-22-23-36(39)30-26-28-21-20-27(2)33-32(28)35(36,34(29)41-33)24-25-37(30)3/h11-12,20-22,30,34,39H,4-10,13-19,23-26H2,1-3H3/b12-11+/t30-,34+,35+,36-/m1/s1. The Bertz CT molecular complexity index is 1120. The lowest BCUT2D eigenvalue weighted by atomic mass is 9.50. The molecule has 226 valence electrons. The van der Waals surface area contributed by atoms with E-state index in [4.69, 9.17) is 9.47 Å². The second kappa shape index (κ2) is 13.5. The lowest BCUT2D eigenvalue weighted by Crippen LogP contribution is -2.74. The molecule has 2 bridgehead atoms. The van der Waals surface area contributed by atoms with Crippen LogP contribution in [0.1, 0.15) is 126 Å². The Balaban J connectivity index is 1.06. The second-order valence-electron chi connectivity index (χ2n) is 13.2. The zero-order valence-corrected chi connectivity index (χ0v) is 25.9. The molecule has 1 fully saturated rings. The van der Waals surface area contributed by atoms with Crippen LogP contribution in [0.2, 0.25) is 0 Å². The first-order chi connectivity index (χ1) is 19.9. The molecule has 4 atom stereocenters. The molecular formula is C36H53NO4. The number of esters is 1. The van der Waals surface area contributed by atoms with E-state index in [0.717, 1.165) is 50.0 Å². The van der Waals surface area contributed by atoms with Crippen molar-refractivity contribution in [1.29, 1.82) is 0 Å². The summed E-state index contributed by atoms with van der Waals surface area (Å²) in [6.45, 7) is 5.24. The lowest BCUT2D eigenvalue weighted by molar-refractivity contribution is -0.169. The molecule has 1 aromatic carbocycles. The molecule has 2 aliphatic heterocycles. The molecule has 5 nitrogen and oxygen atoms in total. The lowest BCUT2D eigenvalue weighted by Gasteiger charge is -2.61. The van der Waals surface area contributed by atoms with E-state index >= 15 is 0 Å². The van der Waals surface area contributed by atoms with Crippen molar-refractivity contribution in [2.24, 2.45) is 0 Å². The summed E-state index contributed by atoms with van der Waals surface area (Å²) in [5, 5.41) is 12.3. The molecule has 2 heterocycles. The van der Waals surface area contributed by atoms with Crippen LogP contribution in [0.4, 0.5) is 0 Å². The highest BCUT2D eigenvalue weighted by molar-refractivity contribution is 5.71. The maximum Gasteiger partial charge on any atom is 0.310 e. The molecule has 5 rings (SSSR count). The number of ether oxygens (including phenoxy) is 2. The van der Waals surface area contributed by atoms with Crippen molar-refractivity contribution in [1.82, 2.24) is 4.90 Å². The van der Waals surface area contributed by atoms with Crippen LogP contribution >= 0.6 is 0 Å². The van der Waals surface area contributed by atoms with Gasteiger partial charge in [-0.25, -0.2) is 0 Å². The van der Waals surface area contributed by atoms with Gasteiger partial charge in [0.1, 0.15) is 11.5 Å². The average molecular weight is 564 g/mol. The highest BCUT2D eigenvalue weighted by Gasteiger charge is 2.71. The number of allylic oxidation sites excluding steroid dienone is 2. The Morgan fingerprint density at radius 1 is 1.05 bits per heavy atom. The Morgan fingerprint density at radius 2 is 1.73 bits per heavy atom.